The average Bonchev–Trinajstić information content (AvgIpc) is 3.62. The zero-order chi connectivity index (χ0) is 64.0. The SMILES string of the molecule is CC/C=C\C/C=C\C/C=C\C/C=C\C/C=C\C/C=C\C/C=C\C/C=C\C/C=C\CCCCCCCC(=O)OC(COC(=O)CCCCCCCCCCCCCCCCCCCCCCCCCCCCCCCC)COC(OCC[N+](C)(C)C)C(=O)O. The van der Waals surface area contributed by atoms with Crippen molar-refractivity contribution in [1.82, 2.24) is 0 Å². The van der Waals surface area contributed by atoms with Gasteiger partial charge in [-0.2, -0.15) is 0 Å². The van der Waals surface area contributed by atoms with Crippen molar-refractivity contribution >= 4 is 17.9 Å². The molecule has 0 aromatic heterocycles. The standard InChI is InChI=1S/C79H137NO8/c1-6-8-10-12-14-16-18-20-22-24-26-28-30-32-34-36-38-39-40-42-44-46-48-50-52-54-56-58-60-62-64-66-68-70-77(82)88-75(74-87-79(78(83)84)85-72-71-80(3,4)5)73-86-76(81)69-67-65-63-61-59-57-55-53-51-49-47-45-43-41-37-35-33-31-29-27-25-23-21-19-17-15-13-11-9-7-2/h8,10,14,16,20,22,26,28,32,34,38-39,42,44,48,50,54,56,75,79H,6-7,9,11-13,15,17-19,21,23-25,27,29-31,33,35-37,40-41,43,45-47,49,51-53,55,57-74H2,1-5H3/p+1/b10-8-,16-14-,22-20-,28-26-,34-32-,39-38-,44-42-,50-48-,56-54-. The molecular formula is C79H138NO8+. The van der Waals surface area contributed by atoms with Crippen LogP contribution in [0.2, 0.25) is 0 Å². The second-order valence-corrected chi connectivity index (χ2v) is 25.5. The Labute approximate surface area is 543 Å². The predicted molar refractivity (Wildman–Crippen MR) is 378 cm³/mol. The summed E-state index contributed by atoms with van der Waals surface area (Å²) in [5, 5.41) is 9.75. The van der Waals surface area contributed by atoms with Crippen molar-refractivity contribution in [2.45, 2.75) is 328 Å². The minimum Gasteiger partial charge on any atom is -0.477 e. The van der Waals surface area contributed by atoms with Gasteiger partial charge < -0.3 is 28.5 Å². The first kappa shape index (κ1) is 84.0. The van der Waals surface area contributed by atoms with Crippen molar-refractivity contribution < 1.29 is 42.9 Å². The maximum Gasteiger partial charge on any atom is 0.361 e. The van der Waals surface area contributed by atoms with E-state index in [1.807, 2.05) is 21.1 Å². The number of likely N-dealkylation sites (N-methyl/N-ethyl adjacent to an activating group) is 1. The van der Waals surface area contributed by atoms with E-state index in [-0.39, 0.29) is 32.2 Å². The van der Waals surface area contributed by atoms with Crippen LogP contribution >= 0.6 is 0 Å². The second kappa shape index (κ2) is 68.9. The van der Waals surface area contributed by atoms with Crippen LogP contribution in [0.25, 0.3) is 0 Å². The van der Waals surface area contributed by atoms with Crippen LogP contribution in [0.15, 0.2) is 109 Å². The van der Waals surface area contributed by atoms with Crippen molar-refractivity contribution in [3.05, 3.63) is 109 Å². The third-order valence-corrected chi connectivity index (χ3v) is 15.8. The predicted octanol–water partition coefficient (Wildman–Crippen LogP) is 23.0. The maximum absolute atomic E-state index is 12.9. The summed E-state index contributed by atoms with van der Waals surface area (Å²) < 4.78 is 23.0. The number of carbonyl (C=O) groups excluding carboxylic acids is 2. The molecule has 1 N–H and O–H groups in total. The molecule has 9 nitrogen and oxygen atoms in total. The number of nitrogens with zero attached hydrogens (tertiary/aromatic N) is 1. The first-order valence-electron chi connectivity index (χ1n) is 36.6. The zero-order valence-electron chi connectivity index (χ0n) is 57.9. The molecule has 9 heteroatoms. The van der Waals surface area contributed by atoms with Crippen LogP contribution in [-0.4, -0.2) is 87.4 Å². The summed E-state index contributed by atoms with van der Waals surface area (Å²) >= 11 is 0. The molecule has 0 aliphatic heterocycles. The Bertz CT molecular complexity index is 1810. The number of aliphatic carboxylic acids is 1. The summed E-state index contributed by atoms with van der Waals surface area (Å²) in [6, 6.07) is 0. The van der Waals surface area contributed by atoms with Crippen LogP contribution in [-0.2, 0) is 33.3 Å². The molecular weight excluding hydrogens is 1090 g/mol. The Morgan fingerprint density at radius 1 is 0.352 bits per heavy atom. The number of unbranched alkanes of at least 4 members (excludes halogenated alkanes) is 34. The van der Waals surface area contributed by atoms with Gasteiger partial charge in [0, 0.05) is 12.8 Å². The molecule has 0 aromatic carbocycles. The lowest BCUT2D eigenvalue weighted by molar-refractivity contribution is -0.870. The van der Waals surface area contributed by atoms with Gasteiger partial charge in [-0.05, 0) is 83.5 Å². The lowest BCUT2D eigenvalue weighted by atomic mass is 10.0. The first-order chi connectivity index (χ1) is 43.1. The van der Waals surface area contributed by atoms with Gasteiger partial charge in [0.2, 0.25) is 0 Å². The summed E-state index contributed by atoms with van der Waals surface area (Å²) in [5.41, 5.74) is 0. The summed E-state index contributed by atoms with van der Waals surface area (Å²) in [6.45, 7) is 4.77. The summed E-state index contributed by atoms with van der Waals surface area (Å²) in [6.07, 6.45) is 93.6. The molecule has 0 aromatic rings. The molecule has 0 saturated carbocycles. The van der Waals surface area contributed by atoms with E-state index >= 15 is 0 Å². The van der Waals surface area contributed by atoms with E-state index < -0.39 is 24.3 Å². The number of quaternary nitrogens is 1. The molecule has 0 amide bonds. The van der Waals surface area contributed by atoms with Gasteiger partial charge in [0.1, 0.15) is 13.2 Å². The highest BCUT2D eigenvalue weighted by Crippen LogP contribution is 2.18. The zero-order valence-corrected chi connectivity index (χ0v) is 57.9. The van der Waals surface area contributed by atoms with Crippen LogP contribution in [0.1, 0.15) is 316 Å². The third kappa shape index (κ3) is 69.4. The number of allylic oxidation sites excluding steroid dienone is 18. The molecule has 0 spiro atoms. The van der Waals surface area contributed by atoms with Crippen LogP contribution in [0.4, 0.5) is 0 Å². The fourth-order valence-electron chi connectivity index (χ4n) is 10.2. The number of hydrogen-bond acceptors (Lipinski definition) is 7. The summed E-state index contributed by atoms with van der Waals surface area (Å²) in [7, 11) is 5.97. The Hall–Kier alpha value is -4.05. The molecule has 2 atom stereocenters. The van der Waals surface area contributed by atoms with Gasteiger partial charge in [-0.1, -0.05) is 329 Å². The molecule has 0 fully saturated rings. The number of esters is 2. The highest BCUT2D eigenvalue weighted by Gasteiger charge is 2.25. The van der Waals surface area contributed by atoms with Crippen LogP contribution in [0.5, 0.6) is 0 Å². The second-order valence-electron chi connectivity index (χ2n) is 25.5. The number of carboxylic acids is 1. The molecule has 2 unspecified atom stereocenters. The largest absolute Gasteiger partial charge is 0.477 e. The number of carboxylic acid groups (broad SMARTS) is 1. The van der Waals surface area contributed by atoms with Crippen molar-refractivity contribution in [2.75, 3.05) is 47.5 Å². The highest BCUT2D eigenvalue weighted by atomic mass is 16.7. The normalized spacial score (nSPS) is 13.3. The molecule has 0 aliphatic rings. The quantitative estimate of drug-likeness (QED) is 0.0211. The molecule has 0 bridgehead atoms. The molecule has 506 valence electrons. The molecule has 0 rings (SSSR count). The Morgan fingerprint density at radius 2 is 0.648 bits per heavy atom. The fourth-order valence-corrected chi connectivity index (χ4v) is 10.2. The first-order valence-corrected chi connectivity index (χ1v) is 36.6. The highest BCUT2D eigenvalue weighted by molar-refractivity contribution is 5.71. The average molecular weight is 1230 g/mol. The fraction of sp³-hybridized carbons (Fsp3) is 0.734. The Balaban J connectivity index is 4.16. The molecule has 0 saturated heterocycles. The van der Waals surface area contributed by atoms with Crippen LogP contribution in [0, 0.1) is 0 Å². The van der Waals surface area contributed by atoms with Crippen molar-refractivity contribution in [1.29, 1.82) is 0 Å². The van der Waals surface area contributed by atoms with Gasteiger partial charge in [0.05, 0.1) is 34.4 Å². The summed E-state index contributed by atoms with van der Waals surface area (Å²) in [5.74, 6) is -2.03. The van der Waals surface area contributed by atoms with E-state index in [0.29, 0.717) is 23.9 Å². The van der Waals surface area contributed by atoms with E-state index in [4.69, 9.17) is 18.9 Å². The Kier molecular flexibility index (Phi) is 65.7. The van der Waals surface area contributed by atoms with E-state index in [1.165, 1.54) is 173 Å². The van der Waals surface area contributed by atoms with Crippen LogP contribution in [0.3, 0.4) is 0 Å². The lowest BCUT2D eigenvalue weighted by Gasteiger charge is -2.25. The summed E-state index contributed by atoms with van der Waals surface area (Å²) in [4.78, 5) is 37.7. The van der Waals surface area contributed by atoms with Gasteiger partial charge in [0.25, 0.3) is 6.29 Å². The van der Waals surface area contributed by atoms with E-state index in [0.717, 1.165) is 109 Å². The topological polar surface area (TPSA) is 108 Å². The van der Waals surface area contributed by atoms with Gasteiger partial charge in [-0.25, -0.2) is 4.79 Å². The molecule has 0 radical (unpaired) electrons. The molecule has 0 aliphatic carbocycles. The minimum atomic E-state index is -1.52. The number of hydrogen-bond donors (Lipinski definition) is 1. The van der Waals surface area contributed by atoms with Gasteiger partial charge >= 0.3 is 17.9 Å². The van der Waals surface area contributed by atoms with Gasteiger partial charge in [0.15, 0.2) is 6.10 Å². The van der Waals surface area contributed by atoms with Crippen molar-refractivity contribution in [3.8, 4) is 0 Å². The van der Waals surface area contributed by atoms with E-state index in [2.05, 4.69) is 123 Å². The minimum absolute atomic E-state index is 0.180. The van der Waals surface area contributed by atoms with E-state index in [9.17, 15) is 19.5 Å². The maximum atomic E-state index is 12.9. The van der Waals surface area contributed by atoms with Crippen molar-refractivity contribution in [3.63, 3.8) is 0 Å². The number of rotatable bonds is 67. The van der Waals surface area contributed by atoms with Crippen molar-refractivity contribution in [2.24, 2.45) is 0 Å². The number of ether oxygens (including phenoxy) is 4. The smallest absolute Gasteiger partial charge is 0.361 e. The Morgan fingerprint density at radius 3 is 0.966 bits per heavy atom. The lowest BCUT2D eigenvalue weighted by Crippen LogP contribution is -2.40. The monoisotopic (exact) mass is 1230 g/mol. The molecule has 88 heavy (non-hydrogen) atoms. The van der Waals surface area contributed by atoms with E-state index in [1.54, 1.807) is 0 Å². The van der Waals surface area contributed by atoms with Crippen LogP contribution < -0.4 is 0 Å². The molecule has 0 heterocycles. The number of carbonyl (C=O) groups is 3. The van der Waals surface area contributed by atoms with Gasteiger partial charge in [-0.3, -0.25) is 9.59 Å². The van der Waals surface area contributed by atoms with Gasteiger partial charge in [-0.15, -0.1) is 0 Å². The third-order valence-electron chi connectivity index (χ3n) is 15.8.